The Morgan fingerprint density at radius 3 is 2.67 bits per heavy atom. The lowest BCUT2D eigenvalue weighted by molar-refractivity contribution is -0.143. The molecule has 3 unspecified atom stereocenters. The molecule has 0 amide bonds. The van der Waals surface area contributed by atoms with Crippen LogP contribution in [-0.2, 0) is 9.53 Å². The van der Waals surface area contributed by atoms with Gasteiger partial charge < -0.3 is 9.84 Å². The predicted molar refractivity (Wildman–Crippen MR) is 68.0 cm³/mol. The topological polar surface area (TPSA) is 58.6 Å². The Balaban J connectivity index is 2.13. The smallest absolute Gasteiger partial charge is 0.327 e. The average molecular weight is 249 g/mol. The molecule has 0 bridgehead atoms. The van der Waals surface area contributed by atoms with Gasteiger partial charge in [-0.05, 0) is 24.8 Å². The zero-order chi connectivity index (χ0) is 13.0. The fraction of sp³-hybridized carbons (Fsp3) is 0.500. The van der Waals surface area contributed by atoms with Gasteiger partial charge in [0.1, 0.15) is 6.04 Å². The van der Waals surface area contributed by atoms with E-state index in [1.165, 1.54) is 7.11 Å². The monoisotopic (exact) mass is 249 g/mol. The Hall–Kier alpha value is -1.39. The van der Waals surface area contributed by atoms with E-state index in [9.17, 15) is 9.90 Å². The SMILES string of the molecule is COC(=O)C(NC1CCCC1O)c1ccccc1. The molecule has 0 aliphatic heterocycles. The third-order valence-electron chi connectivity index (χ3n) is 3.43. The van der Waals surface area contributed by atoms with Gasteiger partial charge in [-0.25, -0.2) is 4.79 Å². The zero-order valence-corrected chi connectivity index (χ0v) is 10.5. The second kappa shape index (κ2) is 5.98. The predicted octanol–water partition coefficient (Wildman–Crippen LogP) is 1.40. The van der Waals surface area contributed by atoms with E-state index in [1.807, 2.05) is 30.3 Å². The molecule has 4 heteroatoms. The summed E-state index contributed by atoms with van der Waals surface area (Å²) < 4.78 is 4.83. The fourth-order valence-electron chi connectivity index (χ4n) is 2.41. The largest absolute Gasteiger partial charge is 0.468 e. The molecule has 0 radical (unpaired) electrons. The minimum Gasteiger partial charge on any atom is -0.468 e. The van der Waals surface area contributed by atoms with Gasteiger partial charge in [0.05, 0.1) is 13.2 Å². The van der Waals surface area contributed by atoms with Crippen LogP contribution in [0.25, 0.3) is 0 Å². The number of aliphatic hydroxyl groups is 1. The minimum atomic E-state index is -0.506. The van der Waals surface area contributed by atoms with Crippen LogP contribution in [0.2, 0.25) is 0 Å². The van der Waals surface area contributed by atoms with E-state index in [-0.39, 0.29) is 18.1 Å². The summed E-state index contributed by atoms with van der Waals surface area (Å²) in [6.45, 7) is 0. The Kier molecular flexibility index (Phi) is 4.33. The molecule has 1 aromatic carbocycles. The molecule has 1 aliphatic carbocycles. The van der Waals surface area contributed by atoms with E-state index in [1.54, 1.807) is 0 Å². The van der Waals surface area contributed by atoms with Crippen LogP contribution in [0.3, 0.4) is 0 Å². The number of ether oxygens (including phenoxy) is 1. The molecule has 1 aromatic rings. The van der Waals surface area contributed by atoms with Gasteiger partial charge in [-0.2, -0.15) is 0 Å². The van der Waals surface area contributed by atoms with Crippen molar-refractivity contribution in [1.82, 2.24) is 5.32 Å². The first-order valence-corrected chi connectivity index (χ1v) is 6.29. The van der Waals surface area contributed by atoms with Crippen molar-refractivity contribution >= 4 is 5.97 Å². The van der Waals surface area contributed by atoms with E-state index in [2.05, 4.69) is 5.32 Å². The van der Waals surface area contributed by atoms with Crippen molar-refractivity contribution in [3.8, 4) is 0 Å². The van der Waals surface area contributed by atoms with Crippen molar-refractivity contribution in [2.45, 2.75) is 37.5 Å². The molecule has 0 spiro atoms. The van der Waals surface area contributed by atoms with Crippen LogP contribution in [0.15, 0.2) is 30.3 Å². The Morgan fingerprint density at radius 2 is 2.11 bits per heavy atom. The molecule has 2 rings (SSSR count). The Bertz CT molecular complexity index is 393. The maximum absolute atomic E-state index is 11.8. The molecular weight excluding hydrogens is 230 g/mol. The number of carbonyl (C=O) groups excluding carboxylic acids is 1. The van der Waals surface area contributed by atoms with E-state index in [4.69, 9.17) is 4.74 Å². The highest BCUT2D eigenvalue weighted by atomic mass is 16.5. The summed E-state index contributed by atoms with van der Waals surface area (Å²) in [5.74, 6) is -0.319. The minimum absolute atomic E-state index is 0.0330. The number of hydrogen-bond acceptors (Lipinski definition) is 4. The number of rotatable bonds is 4. The highest BCUT2D eigenvalue weighted by Gasteiger charge is 2.31. The van der Waals surface area contributed by atoms with E-state index >= 15 is 0 Å². The van der Waals surface area contributed by atoms with Gasteiger partial charge in [0.25, 0.3) is 0 Å². The molecule has 0 aromatic heterocycles. The molecule has 0 saturated heterocycles. The van der Waals surface area contributed by atoms with Crippen LogP contribution >= 0.6 is 0 Å². The number of hydrogen-bond donors (Lipinski definition) is 2. The average Bonchev–Trinajstić information content (AvgIpc) is 2.81. The van der Waals surface area contributed by atoms with Crippen molar-refractivity contribution < 1.29 is 14.6 Å². The summed E-state index contributed by atoms with van der Waals surface area (Å²) in [5.41, 5.74) is 0.864. The van der Waals surface area contributed by atoms with Gasteiger partial charge in [0.2, 0.25) is 0 Å². The summed E-state index contributed by atoms with van der Waals surface area (Å²) in [7, 11) is 1.38. The maximum Gasteiger partial charge on any atom is 0.327 e. The third-order valence-corrected chi connectivity index (χ3v) is 3.43. The summed E-state index contributed by atoms with van der Waals surface area (Å²) in [6.07, 6.45) is 2.30. The van der Waals surface area contributed by atoms with Gasteiger partial charge in [0.15, 0.2) is 0 Å². The number of esters is 1. The van der Waals surface area contributed by atoms with Gasteiger partial charge in [-0.15, -0.1) is 0 Å². The summed E-state index contributed by atoms with van der Waals surface area (Å²) >= 11 is 0. The Labute approximate surface area is 107 Å². The van der Waals surface area contributed by atoms with Crippen LogP contribution in [0.5, 0.6) is 0 Å². The third kappa shape index (κ3) is 2.89. The normalized spacial score (nSPS) is 24.8. The highest BCUT2D eigenvalue weighted by Crippen LogP contribution is 2.23. The Morgan fingerprint density at radius 1 is 1.39 bits per heavy atom. The molecule has 4 nitrogen and oxygen atoms in total. The second-order valence-electron chi connectivity index (χ2n) is 4.64. The van der Waals surface area contributed by atoms with Crippen molar-refractivity contribution in [2.75, 3.05) is 7.11 Å². The van der Waals surface area contributed by atoms with Gasteiger partial charge >= 0.3 is 5.97 Å². The highest BCUT2D eigenvalue weighted by molar-refractivity contribution is 5.77. The molecule has 0 heterocycles. The van der Waals surface area contributed by atoms with Crippen LogP contribution in [-0.4, -0.2) is 30.3 Å². The fourth-order valence-corrected chi connectivity index (χ4v) is 2.41. The standard InChI is InChI=1S/C14H19NO3/c1-18-14(17)13(10-6-3-2-4-7-10)15-11-8-5-9-12(11)16/h2-4,6-7,11-13,15-16H,5,8-9H2,1H3. The van der Waals surface area contributed by atoms with Crippen molar-refractivity contribution in [2.24, 2.45) is 0 Å². The second-order valence-corrected chi connectivity index (χ2v) is 4.64. The quantitative estimate of drug-likeness (QED) is 0.792. The summed E-state index contributed by atoms with van der Waals surface area (Å²) in [4.78, 5) is 11.8. The summed E-state index contributed by atoms with van der Waals surface area (Å²) in [6, 6.07) is 8.91. The van der Waals surface area contributed by atoms with Crippen molar-refractivity contribution in [3.05, 3.63) is 35.9 Å². The van der Waals surface area contributed by atoms with Crippen LogP contribution < -0.4 is 5.32 Å². The maximum atomic E-state index is 11.8. The van der Waals surface area contributed by atoms with E-state index < -0.39 is 6.04 Å². The van der Waals surface area contributed by atoms with Crippen LogP contribution in [0.1, 0.15) is 30.9 Å². The molecule has 18 heavy (non-hydrogen) atoms. The van der Waals surface area contributed by atoms with Crippen molar-refractivity contribution in [3.63, 3.8) is 0 Å². The first-order valence-electron chi connectivity index (χ1n) is 6.29. The number of aliphatic hydroxyl groups excluding tert-OH is 1. The molecule has 1 saturated carbocycles. The number of methoxy groups -OCH3 is 1. The van der Waals surface area contributed by atoms with E-state index in [0.29, 0.717) is 0 Å². The summed E-state index contributed by atoms with van der Waals surface area (Å²) in [5, 5.41) is 13.0. The molecule has 1 fully saturated rings. The van der Waals surface area contributed by atoms with Crippen molar-refractivity contribution in [1.29, 1.82) is 0 Å². The molecule has 1 aliphatic rings. The first-order chi connectivity index (χ1) is 8.72. The molecule has 98 valence electrons. The number of carbonyl (C=O) groups is 1. The molecule has 2 N–H and O–H groups in total. The van der Waals surface area contributed by atoms with Crippen LogP contribution in [0.4, 0.5) is 0 Å². The first kappa shape index (κ1) is 13.1. The molecule has 3 atom stereocenters. The van der Waals surface area contributed by atoms with Gasteiger partial charge in [-0.1, -0.05) is 30.3 Å². The lowest BCUT2D eigenvalue weighted by Gasteiger charge is -2.23. The van der Waals surface area contributed by atoms with Crippen LogP contribution in [0, 0.1) is 0 Å². The zero-order valence-electron chi connectivity index (χ0n) is 10.5. The van der Waals surface area contributed by atoms with Gasteiger partial charge in [-0.3, -0.25) is 5.32 Å². The van der Waals surface area contributed by atoms with Gasteiger partial charge in [0, 0.05) is 6.04 Å². The molecular formula is C14H19NO3. The lowest BCUT2D eigenvalue weighted by Crippen LogP contribution is -2.41. The number of benzene rings is 1. The lowest BCUT2D eigenvalue weighted by atomic mass is 10.0. The van der Waals surface area contributed by atoms with E-state index in [0.717, 1.165) is 24.8 Å². The number of nitrogens with one attached hydrogen (secondary N) is 1.